The third kappa shape index (κ3) is 2.21. The molecule has 4 heteroatoms. The summed E-state index contributed by atoms with van der Waals surface area (Å²) in [5, 5.41) is 11.2. The molecule has 0 saturated carbocycles. The zero-order chi connectivity index (χ0) is 11.5. The van der Waals surface area contributed by atoms with Crippen molar-refractivity contribution in [1.82, 2.24) is 14.8 Å². The molecule has 0 radical (unpaired) electrons. The molecule has 0 atom stereocenters. The lowest BCUT2D eigenvalue weighted by molar-refractivity contribution is 0.812. The molecule has 84 valence electrons. The van der Waals surface area contributed by atoms with Crippen LogP contribution in [0.1, 0.15) is 17.0 Å². The quantitative estimate of drug-likeness (QED) is 0.853. The van der Waals surface area contributed by atoms with Gasteiger partial charge in [0.15, 0.2) is 5.82 Å². The van der Waals surface area contributed by atoms with E-state index in [0.29, 0.717) is 6.54 Å². The SMILES string of the molecule is Cc1ccc(NCc2nncn2C)cc1C. The highest BCUT2D eigenvalue weighted by Gasteiger charge is 2.00. The molecule has 0 spiro atoms. The van der Waals surface area contributed by atoms with Gasteiger partial charge in [-0.1, -0.05) is 6.07 Å². The van der Waals surface area contributed by atoms with Crippen molar-refractivity contribution in [2.75, 3.05) is 5.32 Å². The number of nitrogens with one attached hydrogen (secondary N) is 1. The van der Waals surface area contributed by atoms with Crippen LogP contribution in [-0.2, 0) is 13.6 Å². The molecule has 0 unspecified atom stereocenters. The van der Waals surface area contributed by atoms with E-state index in [-0.39, 0.29) is 0 Å². The van der Waals surface area contributed by atoms with E-state index < -0.39 is 0 Å². The van der Waals surface area contributed by atoms with Gasteiger partial charge in [0.1, 0.15) is 6.33 Å². The smallest absolute Gasteiger partial charge is 0.151 e. The second-order valence-corrected chi connectivity index (χ2v) is 4.01. The van der Waals surface area contributed by atoms with Crippen LogP contribution < -0.4 is 5.32 Å². The zero-order valence-electron chi connectivity index (χ0n) is 9.86. The van der Waals surface area contributed by atoms with Crippen LogP contribution >= 0.6 is 0 Å². The number of nitrogens with zero attached hydrogens (tertiary/aromatic N) is 3. The summed E-state index contributed by atoms with van der Waals surface area (Å²) in [6, 6.07) is 6.35. The van der Waals surface area contributed by atoms with E-state index in [2.05, 4.69) is 47.6 Å². The number of aromatic nitrogens is 3. The first kappa shape index (κ1) is 10.7. The maximum atomic E-state index is 4.02. The van der Waals surface area contributed by atoms with Crippen molar-refractivity contribution in [2.24, 2.45) is 7.05 Å². The molecule has 0 aliphatic carbocycles. The second kappa shape index (κ2) is 4.35. The van der Waals surface area contributed by atoms with E-state index in [1.165, 1.54) is 11.1 Å². The summed E-state index contributed by atoms with van der Waals surface area (Å²) >= 11 is 0. The summed E-state index contributed by atoms with van der Waals surface area (Å²) in [5.74, 6) is 0.929. The Morgan fingerprint density at radius 2 is 2.06 bits per heavy atom. The molecule has 0 aliphatic heterocycles. The number of hydrogen-bond donors (Lipinski definition) is 1. The van der Waals surface area contributed by atoms with Crippen LogP contribution in [0.25, 0.3) is 0 Å². The number of rotatable bonds is 3. The molecule has 0 bridgehead atoms. The summed E-state index contributed by atoms with van der Waals surface area (Å²) < 4.78 is 1.91. The van der Waals surface area contributed by atoms with E-state index >= 15 is 0 Å². The minimum atomic E-state index is 0.693. The van der Waals surface area contributed by atoms with Gasteiger partial charge in [-0.3, -0.25) is 0 Å². The van der Waals surface area contributed by atoms with Crippen molar-refractivity contribution >= 4 is 5.69 Å². The lowest BCUT2D eigenvalue weighted by atomic mass is 10.1. The molecule has 1 aromatic heterocycles. The predicted octanol–water partition coefficient (Wildman–Crippen LogP) is 2.04. The van der Waals surface area contributed by atoms with Crippen LogP contribution in [0.4, 0.5) is 5.69 Å². The van der Waals surface area contributed by atoms with Gasteiger partial charge in [0, 0.05) is 12.7 Å². The van der Waals surface area contributed by atoms with Gasteiger partial charge in [0.25, 0.3) is 0 Å². The Labute approximate surface area is 95.3 Å². The summed E-state index contributed by atoms with van der Waals surface area (Å²) in [4.78, 5) is 0. The highest BCUT2D eigenvalue weighted by atomic mass is 15.3. The van der Waals surface area contributed by atoms with Gasteiger partial charge in [-0.2, -0.15) is 0 Å². The van der Waals surface area contributed by atoms with E-state index in [0.717, 1.165) is 11.5 Å². The van der Waals surface area contributed by atoms with Crippen molar-refractivity contribution in [3.8, 4) is 0 Å². The van der Waals surface area contributed by atoms with Gasteiger partial charge in [0.05, 0.1) is 6.54 Å². The molecule has 0 saturated heterocycles. The Kier molecular flexibility index (Phi) is 2.90. The van der Waals surface area contributed by atoms with E-state index in [1.807, 2.05) is 11.6 Å². The predicted molar refractivity (Wildman–Crippen MR) is 64.2 cm³/mol. The largest absolute Gasteiger partial charge is 0.378 e. The molecule has 16 heavy (non-hydrogen) atoms. The standard InChI is InChI=1S/C12H16N4/c1-9-4-5-11(6-10(9)2)13-7-12-15-14-8-16(12)3/h4-6,8,13H,7H2,1-3H3. The van der Waals surface area contributed by atoms with Crippen LogP contribution in [0, 0.1) is 13.8 Å². The van der Waals surface area contributed by atoms with Gasteiger partial charge in [-0.25, -0.2) is 0 Å². The van der Waals surface area contributed by atoms with Gasteiger partial charge in [-0.15, -0.1) is 10.2 Å². The third-order valence-electron chi connectivity index (χ3n) is 2.76. The number of anilines is 1. The highest BCUT2D eigenvalue weighted by molar-refractivity contribution is 5.48. The van der Waals surface area contributed by atoms with Gasteiger partial charge < -0.3 is 9.88 Å². The monoisotopic (exact) mass is 216 g/mol. The highest BCUT2D eigenvalue weighted by Crippen LogP contribution is 2.14. The van der Waals surface area contributed by atoms with Crippen LogP contribution in [0.2, 0.25) is 0 Å². The fraction of sp³-hybridized carbons (Fsp3) is 0.333. The maximum absolute atomic E-state index is 4.02. The Bertz CT molecular complexity index is 488. The zero-order valence-corrected chi connectivity index (χ0v) is 9.86. The van der Waals surface area contributed by atoms with E-state index in [9.17, 15) is 0 Å². The fourth-order valence-electron chi connectivity index (χ4n) is 1.50. The molecule has 4 nitrogen and oxygen atoms in total. The Hall–Kier alpha value is -1.84. The first-order valence-electron chi connectivity index (χ1n) is 5.31. The number of hydrogen-bond acceptors (Lipinski definition) is 3. The summed E-state index contributed by atoms with van der Waals surface area (Å²) in [6.45, 7) is 4.92. The molecule has 0 aliphatic rings. The van der Waals surface area contributed by atoms with Gasteiger partial charge in [-0.05, 0) is 37.1 Å². The van der Waals surface area contributed by atoms with Crippen molar-refractivity contribution < 1.29 is 0 Å². The molecule has 2 aromatic rings. The van der Waals surface area contributed by atoms with E-state index in [4.69, 9.17) is 0 Å². The number of benzene rings is 1. The third-order valence-corrected chi connectivity index (χ3v) is 2.76. The van der Waals surface area contributed by atoms with Crippen molar-refractivity contribution in [1.29, 1.82) is 0 Å². The Balaban J connectivity index is 2.05. The fourth-order valence-corrected chi connectivity index (χ4v) is 1.50. The Morgan fingerprint density at radius 1 is 1.25 bits per heavy atom. The minimum absolute atomic E-state index is 0.693. The first-order chi connectivity index (χ1) is 7.66. The van der Waals surface area contributed by atoms with Crippen LogP contribution in [0.15, 0.2) is 24.5 Å². The summed E-state index contributed by atoms with van der Waals surface area (Å²) in [6.07, 6.45) is 1.71. The molecule has 1 N–H and O–H groups in total. The van der Waals surface area contributed by atoms with Crippen LogP contribution in [0.5, 0.6) is 0 Å². The minimum Gasteiger partial charge on any atom is -0.378 e. The topological polar surface area (TPSA) is 42.7 Å². The second-order valence-electron chi connectivity index (χ2n) is 4.01. The molecule has 2 rings (SSSR count). The average Bonchev–Trinajstić information content (AvgIpc) is 2.66. The Morgan fingerprint density at radius 3 is 2.69 bits per heavy atom. The van der Waals surface area contributed by atoms with Crippen molar-refractivity contribution in [2.45, 2.75) is 20.4 Å². The van der Waals surface area contributed by atoms with Crippen molar-refractivity contribution in [3.05, 3.63) is 41.5 Å². The molecular weight excluding hydrogens is 200 g/mol. The lowest BCUT2D eigenvalue weighted by Crippen LogP contribution is -2.05. The summed E-state index contributed by atoms with van der Waals surface area (Å²) in [5.41, 5.74) is 3.72. The average molecular weight is 216 g/mol. The van der Waals surface area contributed by atoms with Gasteiger partial charge in [0.2, 0.25) is 0 Å². The molecule has 1 heterocycles. The van der Waals surface area contributed by atoms with Crippen molar-refractivity contribution in [3.63, 3.8) is 0 Å². The molecular formula is C12H16N4. The molecule has 0 fully saturated rings. The van der Waals surface area contributed by atoms with E-state index in [1.54, 1.807) is 6.33 Å². The van der Waals surface area contributed by atoms with Crippen LogP contribution in [0.3, 0.4) is 0 Å². The normalized spacial score (nSPS) is 10.4. The van der Waals surface area contributed by atoms with Gasteiger partial charge >= 0.3 is 0 Å². The van der Waals surface area contributed by atoms with Crippen LogP contribution in [-0.4, -0.2) is 14.8 Å². The number of aryl methyl sites for hydroxylation is 3. The molecule has 0 amide bonds. The maximum Gasteiger partial charge on any atom is 0.151 e. The first-order valence-corrected chi connectivity index (χ1v) is 5.31. The summed E-state index contributed by atoms with van der Waals surface area (Å²) in [7, 11) is 1.94. The molecule has 1 aromatic carbocycles. The lowest BCUT2D eigenvalue weighted by Gasteiger charge is -2.08.